The van der Waals surface area contributed by atoms with Gasteiger partial charge in [0.15, 0.2) is 0 Å². The third kappa shape index (κ3) is 3.15. The SMILES string of the molecule is C=CCOC(=O)[C@H]1[C@H](c2ccc(Cl)cc2)c2c([nH][nH]c2=O)C[C@@]1(C)O. The summed E-state index contributed by atoms with van der Waals surface area (Å²) >= 11 is 5.96. The third-order valence-corrected chi connectivity index (χ3v) is 4.82. The molecule has 0 spiro atoms. The molecule has 3 N–H and O–H groups in total. The van der Waals surface area contributed by atoms with Crippen LogP contribution in [0.25, 0.3) is 0 Å². The van der Waals surface area contributed by atoms with Crippen molar-refractivity contribution < 1.29 is 14.6 Å². The molecule has 1 aromatic heterocycles. The number of benzene rings is 1. The first-order valence-corrected chi connectivity index (χ1v) is 8.27. The summed E-state index contributed by atoms with van der Waals surface area (Å²) in [6, 6.07) is 6.87. The molecule has 0 saturated carbocycles. The van der Waals surface area contributed by atoms with Crippen LogP contribution in [0.1, 0.15) is 29.7 Å². The lowest BCUT2D eigenvalue weighted by Gasteiger charge is -2.40. The quantitative estimate of drug-likeness (QED) is 0.573. The van der Waals surface area contributed by atoms with Crippen LogP contribution in [0.2, 0.25) is 5.02 Å². The molecule has 3 atom stereocenters. The summed E-state index contributed by atoms with van der Waals surface area (Å²) in [4.78, 5) is 25.0. The Morgan fingerprint density at radius 2 is 2.12 bits per heavy atom. The molecule has 132 valence electrons. The number of carbonyl (C=O) groups is 1. The number of aromatic nitrogens is 2. The van der Waals surface area contributed by atoms with Crippen LogP contribution in [0, 0.1) is 5.92 Å². The molecule has 1 aliphatic rings. The highest BCUT2D eigenvalue weighted by Crippen LogP contribution is 2.44. The molecule has 1 heterocycles. The van der Waals surface area contributed by atoms with Crippen molar-refractivity contribution in [2.75, 3.05) is 6.61 Å². The van der Waals surface area contributed by atoms with Crippen molar-refractivity contribution in [1.29, 1.82) is 0 Å². The normalized spacial score (nSPS) is 25.2. The summed E-state index contributed by atoms with van der Waals surface area (Å²) in [5, 5.41) is 16.8. The number of aromatic amines is 2. The lowest BCUT2D eigenvalue weighted by atomic mass is 9.66. The van der Waals surface area contributed by atoms with Crippen LogP contribution in [0.5, 0.6) is 0 Å². The van der Waals surface area contributed by atoms with Gasteiger partial charge in [-0.05, 0) is 24.6 Å². The maximum Gasteiger partial charge on any atom is 0.313 e. The Morgan fingerprint density at radius 3 is 2.76 bits per heavy atom. The number of rotatable bonds is 4. The van der Waals surface area contributed by atoms with E-state index >= 15 is 0 Å². The van der Waals surface area contributed by atoms with E-state index in [-0.39, 0.29) is 18.6 Å². The second kappa shape index (κ2) is 6.54. The largest absolute Gasteiger partial charge is 0.461 e. The number of esters is 1. The maximum atomic E-state index is 12.7. The number of carbonyl (C=O) groups excluding carboxylic acids is 1. The zero-order valence-corrected chi connectivity index (χ0v) is 14.5. The van der Waals surface area contributed by atoms with Gasteiger partial charge in [0.2, 0.25) is 0 Å². The average Bonchev–Trinajstić information content (AvgIpc) is 2.91. The number of aliphatic hydroxyl groups is 1. The van der Waals surface area contributed by atoms with Crippen LogP contribution in [0.4, 0.5) is 0 Å². The standard InChI is InChI=1S/C18H19ClN2O4/c1-3-8-25-17(23)15-13(10-4-6-11(19)7-5-10)14-12(9-18(15,2)24)20-21-16(14)22/h3-7,13,15,24H,1,8-9H2,2H3,(H2,20,21,22)/t13-,15-,18-/m1/s1. The molecule has 0 saturated heterocycles. The van der Waals surface area contributed by atoms with E-state index in [0.29, 0.717) is 21.8 Å². The Balaban J connectivity index is 2.16. The molecular formula is C18H19ClN2O4. The molecule has 0 amide bonds. The van der Waals surface area contributed by atoms with Crippen LogP contribution in [-0.2, 0) is 16.0 Å². The summed E-state index contributed by atoms with van der Waals surface area (Å²) in [7, 11) is 0. The van der Waals surface area contributed by atoms with E-state index in [1.807, 2.05) is 0 Å². The van der Waals surface area contributed by atoms with E-state index in [9.17, 15) is 14.7 Å². The topological polar surface area (TPSA) is 95.2 Å². The van der Waals surface area contributed by atoms with Crippen molar-refractivity contribution in [1.82, 2.24) is 10.2 Å². The van der Waals surface area contributed by atoms with E-state index in [2.05, 4.69) is 16.8 Å². The Bertz CT molecular complexity index is 851. The first-order valence-electron chi connectivity index (χ1n) is 7.90. The molecule has 0 radical (unpaired) electrons. The minimum absolute atomic E-state index is 0.0368. The summed E-state index contributed by atoms with van der Waals surface area (Å²) in [5.41, 5.74) is 0.0288. The first kappa shape index (κ1) is 17.5. The van der Waals surface area contributed by atoms with Crippen LogP contribution in [-0.4, -0.2) is 33.5 Å². The number of H-pyrrole nitrogens is 2. The monoisotopic (exact) mass is 362 g/mol. The Hall–Kier alpha value is -2.31. The Kier molecular flexibility index (Phi) is 4.58. The van der Waals surface area contributed by atoms with Gasteiger partial charge >= 0.3 is 5.97 Å². The second-order valence-corrected chi connectivity index (χ2v) is 6.87. The zero-order chi connectivity index (χ0) is 18.2. The number of nitrogens with one attached hydrogen (secondary N) is 2. The van der Waals surface area contributed by atoms with E-state index < -0.39 is 23.4 Å². The van der Waals surface area contributed by atoms with Crippen molar-refractivity contribution in [3.8, 4) is 0 Å². The van der Waals surface area contributed by atoms with Gasteiger partial charge in [-0.15, -0.1) is 0 Å². The zero-order valence-electron chi connectivity index (χ0n) is 13.7. The number of halogens is 1. The van der Waals surface area contributed by atoms with Crippen molar-refractivity contribution >= 4 is 17.6 Å². The van der Waals surface area contributed by atoms with Crippen LogP contribution in [0.15, 0.2) is 41.7 Å². The highest BCUT2D eigenvalue weighted by Gasteiger charge is 2.51. The number of ether oxygens (including phenoxy) is 1. The van der Waals surface area contributed by atoms with Gasteiger partial charge in [-0.3, -0.25) is 14.7 Å². The summed E-state index contributed by atoms with van der Waals surface area (Å²) < 4.78 is 5.21. The summed E-state index contributed by atoms with van der Waals surface area (Å²) in [6.07, 6.45) is 1.60. The molecule has 6 nitrogen and oxygen atoms in total. The van der Waals surface area contributed by atoms with Gasteiger partial charge < -0.3 is 14.9 Å². The molecule has 2 aromatic rings. The molecule has 7 heteroatoms. The maximum absolute atomic E-state index is 12.7. The third-order valence-electron chi connectivity index (χ3n) is 4.57. The predicted molar refractivity (Wildman–Crippen MR) is 93.7 cm³/mol. The van der Waals surface area contributed by atoms with E-state index in [0.717, 1.165) is 0 Å². The highest BCUT2D eigenvalue weighted by atomic mass is 35.5. The lowest BCUT2D eigenvalue weighted by Crippen LogP contribution is -2.50. The molecule has 1 aromatic carbocycles. The molecule has 0 unspecified atom stereocenters. The highest BCUT2D eigenvalue weighted by molar-refractivity contribution is 6.30. The van der Waals surface area contributed by atoms with Gasteiger partial charge in [0.05, 0.1) is 11.5 Å². The van der Waals surface area contributed by atoms with Crippen LogP contribution >= 0.6 is 11.6 Å². The minimum atomic E-state index is -1.39. The molecule has 3 rings (SSSR count). The molecule has 1 aliphatic carbocycles. The van der Waals surface area contributed by atoms with Crippen LogP contribution < -0.4 is 5.56 Å². The van der Waals surface area contributed by atoms with E-state index in [1.54, 1.807) is 31.2 Å². The lowest BCUT2D eigenvalue weighted by molar-refractivity contribution is -0.158. The Morgan fingerprint density at radius 1 is 1.44 bits per heavy atom. The Labute approximate surface area is 149 Å². The molecule has 0 aliphatic heterocycles. The molecule has 0 fully saturated rings. The fraction of sp³-hybridized carbons (Fsp3) is 0.333. The summed E-state index contributed by atoms with van der Waals surface area (Å²) in [5.74, 6) is -2.16. The molecule has 25 heavy (non-hydrogen) atoms. The second-order valence-electron chi connectivity index (χ2n) is 6.43. The van der Waals surface area contributed by atoms with Crippen LogP contribution in [0.3, 0.4) is 0 Å². The molecule has 0 bridgehead atoms. The van der Waals surface area contributed by atoms with Gasteiger partial charge in [0, 0.05) is 28.6 Å². The number of hydrogen-bond acceptors (Lipinski definition) is 4. The van der Waals surface area contributed by atoms with E-state index in [1.165, 1.54) is 6.08 Å². The number of hydrogen-bond donors (Lipinski definition) is 3. The van der Waals surface area contributed by atoms with Crippen molar-refractivity contribution in [3.05, 3.63) is 69.1 Å². The van der Waals surface area contributed by atoms with Crippen molar-refractivity contribution in [2.24, 2.45) is 5.92 Å². The minimum Gasteiger partial charge on any atom is -0.461 e. The van der Waals surface area contributed by atoms with Gasteiger partial charge in [-0.25, -0.2) is 0 Å². The van der Waals surface area contributed by atoms with Crippen molar-refractivity contribution in [3.63, 3.8) is 0 Å². The summed E-state index contributed by atoms with van der Waals surface area (Å²) in [6.45, 7) is 5.14. The van der Waals surface area contributed by atoms with Crippen molar-refractivity contribution in [2.45, 2.75) is 24.9 Å². The average molecular weight is 363 g/mol. The van der Waals surface area contributed by atoms with Gasteiger partial charge in [-0.1, -0.05) is 36.4 Å². The van der Waals surface area contributed by atoms with Gasteiger partial charge in [-0.2, -0.15) is 0 Å². The van der Waals surface area contributed by atoms with E-state index in [4.69, 9.17) is 16.3 Å². The first-order chi connectivity index (χ1) is 11.8. The fourth-order valence-corrected chi connectivity index (χ4v) is 3.64. The fourth-order valence-electron chi connectivity index (χ4n) is 3.52. The predicted octanol–water partition coefficient (Wildman–Crippen LogP) is 2.14. The van der Waals surface area contributed by atoms with Gasteiger partial charge in [0.1, 0.15) is 6.61 Å². The smallest absolute Gasteiger partial charge is 0.313 e. The number of fused-ring (bicyclic) bond motifs is 1. The molecular weight excluding hydrogens is 344 g/mol. The van der Waals surface area contributed by atoms with Gasteiger partial charge in [0.25, 0.3) is 5.56 Å².